The molecule has 0 aliphatic heterocycles. The Morgan fingerprint density at radius 3 is 2.52 bits per heavy atom. The first kappa shape index (κ1) is 19.5. The van der Waals surface area contributed by atoms with Crippen LogP contribution in [0.15, 0.2) is 56.5 Å². The lowest BCUT2D eigenvalue weighted by molar-refractivity contribution is -0.121. The van der Waals surface area contributed by atoms with Gasteiger partial charge >= 0.3 is 0 Å². The molecule has 25 heavy (non-hydrogen) atoms. The van der Waals surface area contributed by atoms with Crippen LogP contribution in [0.5, 0.6) is 5.75 Å². The van der Waals surface area contributed by atoms with E-state index in [4.69, 9.17) is 4.74 Å². The molecule has 0 saturated carbocycles. The van der Waals surface area contributed by atoms with Crippen LogP contribution in [0.25, 0.3) is 0 Å². The predicted molar refractivity (Wildman–Crippen MR) is 108 cm³/mol. The highest BCUT2D eigenvalue weighted by atomic mass is 79.9. The van der Waals surface area contributed by atoms with Crippen LogP contribution in [0, 0.1) is 0 Å². The van der Waals surface area contributed by atoms with Gasteiger partial charge in [-0.05, 0) is 48.9 Å². The minimum Gasteiger partial charge on any atom is -0.496 e. The quantitative estimate of drug-likeness (QED) is 0.462. The number of rotatable bonds is 7. The van der Waals surface area contributed by atoms with Crippen LogP contribution in [0.4, 0.5) is 5.69 Å². The Kier molecular flexibility index (Phi) is 7.46. The molecule has 2 rings (SSSR count). The average molecular weight is 469 g/mol. The summed E-state index contributed by atoms with van der Waals surface area (Å²) in [7, 11) is 1.59. The van der Waals surface area contributed by atoms with Crippen molar-refractivity contribution in [2.24, 2.45) is 5.10 Å². The van der Waals surface area contributed by atoms with Crippen LogP contribution in [0.3, 0.4) is 0 Å². The smallest absolute Gasteiger partial charge is 0.262 e. The lowest BCUT2D eigenvalue weighted by Crippen LogP contribution is -2.36. The molecule has 132 valence electrons. The lowest BCUT2D eigenvalue weighted by atomic mass is 10.2. The molecule has 1 amide bonds. The maximum Gasteiger partial charge on any atom is 0.262 e. The molecular formula is C18H19Br2N3O2. The highest BCUT2D eigenvalue weighted by molar-refractivity contribution is 9.10. The van der Waals surface area contributed by atoms with Crippen molar-refractivity contribution in [1.29, 1.82) is 0 Å². The number of nitrogens with one attached hydrogen (secondary N) is 2. The number of carbonyl (C=O) groups excluding carboxylic acids is 1. The number of hydrazone groups is 1. The van der Waals surface area contributed by atoms with Gasteiger partial charge in [0.05, 0.1) is 13.3 Å². The number of amides is 1. The molecule has 1 atom stereocenters. The van der Waals surface area contributed by atoms with Crippen molar-refractivity contribution >= 4 is 49.7 Å². The van der Waals surface area contributed by atoms with E-state index < -0.39 is 0 Å². The standard InChI is InChI=1S/C18H19Br2N3O2/c1-3-16(22-15-7-4-13(19)5-8-15)18(24)23-21-11-12-10-14(20)6-9-17(12)25-2/h4-11,16,22H,3H2,1-2H3,(H,23,24). The van der Waals surface area contributed by atoms with Gasteiger partial charge in [0.2, 0.25) is 0 Å². The van der Waals surface area contributed by atoms with Crippen molar-refractivity contribution in [1.82, 2.24) is 5.43 Å². The van der Waals surface area contributed by atoms with Crippen molar-refractivity contribution in [3.8, 4) is 5.75 Å². The van der Waals surface area contributed by atoms with Crippen molar-refractivity contribution < 1.29 is 9.53 Å². The first-order chi connectivity index (χ1) is 12.0. The fourth-order valence-corrected chi connectivity index (χ4v) is 2.79. The van der Waals surface area contributed by atoms with Crippen LogP contribution in [0.2, 0.25) is 0 Å². The lowest BCUT2D eigenvalue weighted by Gasteiger charge is -2.16. The van der Waals surface area contributed by atoms with E-state index in [0.29, 0.717) is 12.2 Å². The molecule has 0 heterocycles. The summed E-state index contributed by atoms with van der Waals surface area (Å²) >= 11 is 6.80. The van der Waals surface area contributed by atoms with Gasteiger partial charge in [-0.3, -0.25) is 4.79 Å². The third-order valence-corrected chi connectivity index (χ3v) is 4.50. The molecule has 0 aliphatic carbocycles. The molecule has 5 nitrogen and oxygen atoms in total. The zero-order chi connectivity index (χ0) is 18.2. The maximum atomic E-state index is 12.3. The number of methoxy groups -OCH3 is 1. The second-order valence-corrected chi connectivity index (χ2v) is 7.06. The van der Waals surface area contributed by atoms with E-state index in [-0.39, 0.29) is 11.9 Å². The van der Waals surface area contributed by atoms with E-state index in [2.05, 4.69) is 47.7 Å². The Labute approximate surface area is 164 Å². The SMILES string of the molecule is CCC(Nc1ccc(Br)cc1)C(=O)NN=Cc1cc(Br)ccc1OC. The number of benzene rings is 2. The third kappa shape index (κ3) is 5.86. The molecule has 2 aromatic rings. The van der Waals surface area contributed by atoms with E-state index in [9.17, 15) is 4.79 Å². The topological polar surface area (TPSA) is 62.7 Å². The van der Waals surface area contributed by atoms with Gasteiger partial charge in [0.1, 0.15) is 11.8 Å². The summed E-state index contributed by atoms with van der Waals surface area (Å²) in [4.78, 5) is 12.3. The van der Waals surface area contributed by atoms with Crippen LogP contribution in [-0.2, 0) is 4.79 Å². The molecule has 0 saturated heterocycles. The second-order valence-electron chi connectivity index (χ2n) is 5.23. The van der Waals surface area contributed by atoms with E-state index in [1.807, 2.05) is 49.4 Å². The monoisotopic (exact) mass is 467 g/mol. The summed E-state index contributed by atoms with van der Waals surface area (Å²) < 4.78 is 7.17. The summed E-state index contributed by atoms with van der Waals surface area (Å²) in [6, 6.07) is 12.9. The first-order valence-corrected chi connectivity index (χ1v) is 9.30. The highest BCUT2D eigenvalue weighted by Gasteiger charge is 2.15. The second kappa shape index (κ2) is 9.58. The molecule has 2 N–H and O–H groups in total. The van der Waals surface area contributed by atoms with Gasteiger partial charge in [0.15, 0.2) is 0 Å². The molecule has 0 aliphatic rings. The summed E-state index contributed by atoms with van der Waals surface area (Å²) in [6.45, 7) is 1.94. The van der Waals surface area contributed by atoms with Gasteiger partial charge in [-0.1, -0.05) is 38.8 Å². The molecule has 0 fully saturated rings. The number of nitrogens with zero attached hydrogens (tertiary/aromatic N) is 1. The van der Waals surface area contributed by atoms with Crippen LogP contribution >= 0.6 is 31.9 Å². The maximum absolute atomic E-state index is 12.3. The molecule has 0 radical (unpaired) electrons. The Bertz CT molecular complexity index is 748. The summed E-state index contributed by atoms with van der Waals surface area (Å²) in [6.07, 6.45) is 2.20. The highest BCUT2D eigenvalue weighted by Crippen LogP contribution is 2.21. The van der Waals surface area contributed by atoms with Crippen molar-refractivity contribution in [2.45, 2.75) is 19.4 Å². The van der Waals surface area contributed by atoms with E-state index in [0.717, 1.165) is 20.2 Å². The van der Waals surface area contributed by atoms with Crippen LogP contribution in [-0.4, -0.2) is 25.3 Å². The first-order valence-electron chi connectivity index (χ1n) is 7.72. The summed E-state index contributed by atoms with van der Waals surface area (Å²) in [5.41, 5.74) is 4.22. The minimum atomic E-state index is -0.372. The van der Waals surface area contributed by atoms with Gasteiger partial charge < -0.3 is 10.1 Å². The molecule has 2 aromatic carbocycles. The number of hydrogen-bond acceptors (Lipinski definition) is 4. The number of ether oxygens (including phenoxy) is 1. The molecule has 0 spiro atoms. The summed E-state index contributed by atoms with van der Waals surface area (Å²) in [5, 5.41) is 7.24. The van der Waals surface area contributed by atoms with Crippen molar-refractivity contribution in [3.05, 3.63) is 57.0 Å². The van der Waals surface area contributed by atoms with E-state index in [1.165, 1.54) is 0 Å². The van der Waals surface area contributed by atoms with Gasteiger partial charge in [-0.25, -0.2) is 5.43 Å². The molecule has 0 bridgehead atoms. The van der Waals surface area contributed by atoms with Gasteiger partial charge in [-0.15, -0.1) is 0 Å². The fourth-order valence-electron chi connectivity index (χ4n) is 2.15. The van der Waals surface area contributed by atoms with Gasteiger partial charge in [-0.2, -0.15) is 5.10 Å². The Hall–Kier alpha value is -1.86. The Morgan fingerprint density at radius 2 is 1.88 bits per heavy atom. The fraction of sp³-hybridized carbons (Fsp3) is 0.222. The Balaban J connectivity index is 2.00. The largest absolute Gasteiger partial charge is 0.496 e. The number of hydrogen-bond donors (Lipinski definition) is 2. The molecular weight excluding hydrogens is 450 g/mol. The number of halogens is 2. The number of carbonyl (C=O) groups is 1. The number of anilines is 1. The van der Waals surface area contributed by atoms with Crippen LogP contribution < -0.4 is 15.5 Å². The van der Waals surface area contributed by atoms with Gasteiger partial charge in [0.25, 0.3) is 5.91 Å². The normalized spacial score (nSPS) is 12.0. The van der Waals surface area contributed by atoms with Gasteiger partial charge in [0, 0.05) is 20.2 Å². The average Bonchev–Trinajstić information content (AvgIpc) is 2.61. The van der Waals surface area contributed by atoms with Crippen molar-refractivity contribution in [2.75, 3.05) is 12.4 Å². The van der Waals surface area contributed by atoms with Crippen LogP contribution in [0.1, 0.15) is 18.9 Å². The molecule has 7 heteroatoms. The summed E-state index contributed by atoms with van der Waals surface area (Å²) in [5.74, 6) is 0.483. The minimum absolute atomic E-state index is 0.198. The predicted octanol–water partition coefficient (Wildman–Crippen LogP) is 4.56. The zero-order valence-corrected chi connectivity index (χ0v) is 17.1. The third-order valence-electron chi connectivity index (χ3n) is 3.48. The van der Waals surface area contributed by atoms with E-state index >= 15 is 0 Å². The molecule has 1 unspecified atom stereocenters. The Morgan fingerprint density at radius 1 is 1.20 bits per heavy atom. The van der Waals surface area contributed by atoms with E-state index in [1.54, 1.807) is 13.3 Å². The van der Waals surface area contributed by atoms with Crippen molar-refractivity contribution in [3.63, 3.8) is 0 Å². The molecule has 0 aromatic heterocycles. The zero-order valence-electron chi connectivity index (χ0n) is 13.9.